The van der Waals surface area contributed by atoms with E-state index < -0.39 is 0 Å². The number of fused-ring (bicyclic) bond motifs is 3. The van der Waals surface area contributed by atoms with E-state index in [1.165, 1.54) is 39.5 Å². The summed E-state index contributed by atoms with van der Waals surface area (Å²) >= 11 is 0. The highest BCUT2D eigenvalue weighted by Crippen LogP contribution is 2.32. The van der Waals surface area contributed by atoms with Crippen LogP contribution < -0.4 is 0 Å². The first-order valence-electron chi connectivity index (χ1n) is 8.38. The van der Waals surface area contributed by atoms with Crippen molar-refractivity contribution in [2.75, 3.05) is 0 Å². The van der Waals surface area contributed by atoms with E-state index in [4.69, 9.17) is 0 Å². The summed E-state index contributed by atoms with van der Waals surface area (Å²) in [5, 5.41) is 2.63. The average molecular weight is 299 g/mol. The first-order chi connectivity index (χ1) is 11.3. The van der Waals surface area contributed by atoms with Crippen LogP contribution in [0, 0.1) is 0 Å². The third-order valence-electron chi connectivity index (χ3n) is 4.91. The second kappa shape index (κ2) is 5.58. The second-order valence-electron chi connectivity index (χ2n) is 6.27. The highest BCUT2D eigenvalue weighted by molar-refractivity contribution is 6.09. The molecular formula is C22H21N. The first-order valence-corrected chi connectivity index (χ1v) is 8.38. The second-order valence-corrected chi connectivity index (χ2v) is 6.27. The van der Waals surface area contributed by atoms with Gasteiger partial charge >= 0.3 is 0 Å². The molecule has 1 aromatic heterocycles. The molecule has 0 fully saturated rings. The molecule has 0 spiro atoms. The number of benzene rings is 3. The third kappa shape index (κ3) is 2.24. The van der Waals surface area contributed by atoms with Gasteiger partial charge in [-0.2, -0.15) is 0 Å². The smallest absolute Gasteiger partial charge is 0.0541 e. The molecule has 1 unspecified atom stereocenters. The van der Waals surface area contributed by atoms with Crippen molar-refractivity contribution in [1.82, 2.24) is 4.57 Å². The Morgan fingerprint density at radius 1 is 0.739 bits per heavy atom. The Morgan fingerprint density at radius 3 is 1.78 bits per heavy atom. The van der Waals surface area contributed by atoms with Gasteiger partial charge in [0.25, 0.3) is 0 Å². The van der Waals surface area contributed by atoms with Gasteiger partial charge in [-0.1, -0.05) is 62.4 Å². The molecule has 0 aliphatic rings. The molecule has 1 nitrogen and oxygen atoms in total. The Kier molecular flexibility index (Phi) is 3.42. The van der Waals surface area contributed by atoms with Crippen LogP contribution in [0.1, 0.15) is 31.7 Å². The van der Waals surface area contributed by atoms with E-state index in [0.29, 0.717) is 5.92 Å². The lowest BCUT2D eigenvalue weighted by molar-refractivity contribution is 0.733. The van der Waals surface area contributed by atoms with Gasteiger partial charge < -0.3 is 4.57 Å². The molecular weight excluding hydrogens is 278 g/mol. The van der Waals surface area contributed by atoms with E-state index >= 15 is 0 Å². The van der Waals surface area contributed by atoms with E-state index in [1.54, 1.807) is 0 Å². The summed E-state index contributed by atoms with van der Waals surface area (Å²) in [6, 6.07) is 26.3. The molecule has 0 radical (unpaired) electrons. The Hall–Kier alpha value is -2.54. The summed E-state index contributed by atoms with van der Waals surface area (Å²) in [7, 11) is 0. The zero-order chi connectivity index (χ0) is 15.8. The maximum absolute atomic E-state index is 2.37. The third-order valence-corrected chi connectivity index (χ3v) is 4.91. The number of hydrogen-bond acceptors (Lipinski definition) is 0. The normalized spacial score (nSPS) is 12.8. The number of para-hydroxylation sites is 2. The summed E-state index contributed by atoms with van der Waals surface area (Å²) in [5.41, 5.74) is 5.18. The van der Waals surface area contributed by atoms with E-state index in [1.807, 2.05) is 0 Å². The predicted molar refractivity (Wildman–Crippen MR) is 99.5 cm³/mol. The lowest BCUT2D eigenvalue weighted by Gasteiger charge is -2.12. The number of hydrogen-bond donors (Lipinski definition) is 0. The van der Waals surface area contributed by atoms with Crippen LogP contribution in [0.3, 0.4) is 0 Å². The minimum absolute atomic E-state index is 0.613. The number of rotatable bonds is 3. The standard InChI is InChI=1S/C22H21N/c1-3-16(2)17-12-14-18(15-13-17)23-21-10-6-4-8-19(21)20-9-5-7-11-22(20)23/h4-16H,3H2,1-2H3. The van der Waals surface area contributed by atoms with Crippen LogP contribution in [0.5, 0.6) is 0 Å². The van der Waals surface area contributed by atoms with Crippen molar-refractivity contribution in [2.24, 2.45) is 0 Å². The number of aromatic nitrogens is 1. The summed E-state index contributed by atoms with van der Waals surface area (Å²) in [6.45, 7) is 4.53. The molecule has 0 amide bonds. The highest BCUT2D eigenvalue weighted by Gasteiger charge is 2.11. The van der Waals surface area contributed by atoms with Crippen LogP contribution in [0.4, 0.5) is 0 Å². The van der Waals surface area contributed by atoms with Gasteiger partial charge in [0.15, 0.2) is 0 Å². The number of nitrogens with zero attached hydrogens (tertiary/aromatic N) is 1. The van der Waals surface area contributed by atoms with Gasteiger partial charge in [0.2, 0.25) is 0 Å². The van der Waals surface area contributed by atoms with E-state index in [0.717, 1.165) is 0 Å². The first kappa shape index (κ1) is 14.1. The van der Waals surface area contributed by atoms with Crippen LogP contribution in [0.2, 0.25) is 0 Å². The van der Waals surface area contributed by atoms with Crippen LogP contribution in [-0.4, -0.2) is 4.57 Å². The zero-order valence-electron chi connectivity index (χ0n) is 13.7. The van der Waals surface area contributed by atoms with Crippen LogP contribution in [0.25, 0.3) is 27.5 Å². The summed E-state index contributed by atoms with van der Waals surface area (Å²) < 4.78 is 2.37. The SMILES string of the molecule is CCC(C)c1ccc(-n2c3ccccc3c3ccccc32)cc1. The molecule has 1 heterocycles. The van der Waals surface area contributed by atoms with Gasteiger partial charge in [0.1, 0.15) is 0 Å². The summed E-state index contributed by atoms with van der Waals surface area (Å²) in [4.78, 5) is 0. The molecule has 0 aliphatic heterocycles. The highest BCUT2D eigenvalue weighted by atomic mass is 15.0. The minimum Gasteiger partial charge on any atom is -0.309 e. The lowest BCUT2D eigenvalue weighted by Crippen LogP contribution is -1.96. The Labute approximate surface area is 137 Å². The van der Waals surface area contributed by atoms with Gasteiger partial charge in [0.05, 0.1) is 11.0 Å². The van der Waals surface area contributed by atoms with Crippen molar-refractivity contribution in [3.05, 3.63) is 78.4 Å². The maximum Gasteiger partial charge on any atom is 0.0541 e. The van der Waals surface area contributed by atoms with Gasteiger partial charge in [-0.05, 0) is 42.2 Å². The van der Waals surface area contributed by atoms with Crippen molar-refractivity contribution in [3.63, 3.8) is 0 Å². The minimum atomic E-state index is 0.613. The molecule has 0 saturated carbocycles. The van der Waals surface area contributed by atoms with Gasteiger partial charge in [-0.25, -0.2) is 0 Å². The molecule has 0 bridgehead atoms. The lowest BCUT2D eigenvalue weighted by atomic mass is 9.98. The molecule has 1 heteroatoms. The largest absolute Gasteiger partial charge is 0.309 e. The van der Waals surface area contributed by atoms with E-state index in [-0.39, 0.29) is 0 Å². The molecule has 4 aromatic rings. The van der Waals surface area contributed by atoms with Crippen molar-refractivity contribution in [1.29, 1.82) is 0 Å². The molecule has 3 aromatic carbocycles. The zero-order valence-corrected chi connectivity index (χ0v) is 13.7. The van der Waals surface area contributed by atoms with Crippen molar-refractivity contribution in [3.8, 4) is 5.69 Å². The van der Waals surface area contributed by atoms with E-state index in [9.17, 15) is 0 Å². The molecule has 0 saturated heterocycles. The van der Waals surface area contributed by atoms with Crippen LogP contribution >= 0.6 is 0 Å². The van der Waals surface area contributed by atoms with Crippen molar-refractivity contribution >= 4 is 21.8 Å². The van der Waals surface area contributed by atoms with E-state index in [2.05, 4.69) is 91.2 Å². The topological polar surface area (TPSA) is 4.93 Å². The fraction of sp³-hybridized carbons (Fsp3) is 0.182. The fourth-order valence-corrected chi connectivity index (χ4v) is 3.39. The van der Waals surface area contributed by atoms with Gasteiger partial charge in [-0.15, -0.1) is 0 Å². The molecule has 23 heavy (non-hydrogen) atoms. The van der Waals surface area contributed by atoms with Crippen molar-refractivity contribution in [2.45, 2.75) is 26.2 Å². The monoisotopic (exact) mass is 299 g/mol. The molecule has 1 atom stereocenters. The quantitative estimate of drug-likeness (QED) is 0.418. The molecule has 114 valence electrons. The maximum atomic E-state index is 2.37. The Bertz CT molecular complexity index is 907. The molecule has 4 rings (SSSR count). The fourth-order valence-electron chi connectivity index (χ4n) is 3.39. The Morgan fingerprint density at radius 2 is 1.26 bits per heavy atom. The van der Waals surface area contributed by atoms with Crippen molar-refractivity contribution < 1.29 is 0 Å². The van der Waals surface area contributed by atoms with Gasteiger partial charge in [-0.3, -0.25) is 0 Å². The summed E-state index contributed by atoms with van der Waals surface area (Å²) in [5.74, 6) is 0.613. The summed E-state index contributed by atoms with van der Waals surface area (Å²) in [6.07, 6.45) is 1.18. The predicted octanol–water partition coefficient (Wildman–Crippen LogP) is 6.30. The Balaban J connectivity index is 1.97. The average Bonchev–Trinajstić information content (AvgIpc) is 2.96. The van der Waals surface area contributed by atoms with Crippen LogP contribution in [0.15, 0.2) is 72.8 Å². The molecule has 0 N–H and O–H groups in total. The molecule has 0 aliphatic carbocycles. The van der Waals surface area contributed by atoms with Gasteiger partial charge in [0, 0.05) is 16.5 Å². The van der Waals surface area contributed by atoms with Crippen LogP contribution in [-0.2, 0) is 0 Å².